The van der Waals surface area contributed by atoms with Crippen LogP contribution in [0.2, 0.25) is 0 Å². The molecule has 5 nitrogen and oxygen atoms in total. The minimum Gasteiger partial charge on any atom is -0.508 e. The summed E-state index contributed by atoms with van der Waals surface area (Å²) in [6, 6.07) is 4.32. The number of phenolic OH excluding ortho intramolecular Hbond substituents is 2. The molecule has 0 aliphatic heterocycles. The predicted molar refractivity (Wildman–Crippen MR) is 73.8 cm³/mol. The molecule has 0 aliphatic rings. The summed E-state index contributed by atoms with van der Waals surface area (Å²) < 4.78 is 0. The van der Waals surface area contributed by atoms with Crippen molar-refractivity contribution in [1.29, 1.82) is 0 Å². The van der Waals surface area contributed by atoms with E-state index < -0.39 is 5.91 Å². The van der Waals surface area contributed by atoms with Gasteiger partial charge in [-0.15, -0.1) is 0 Å². The van der Waals surface area contributed by atoms with E-state index >= 15 is 0 Å². The molecule has 0 saturated heterocycles. The summed E-state index contributed by atoms with van der Waals surface area (Å²) in [5, 5.41) is 19.0. The van der Waals surface area contributed by atoms with Crippen LogP contribution in [0.15, 0.2) is 18.2 Å². The lowest BCUT2D eigenvalue weighted by Crippen LogP contribution is -2.38. The first-order chi connectivity index (χ1) is 8.79. The summed E-state index contributed by atoms with van der Waals surface area (Å²) in [6.45, 7) is 6.89. The summed E-state index contributed by atoms with van der Waals surface area (Å²) in [5.74, 6) is 0.000394. The number of nitrogens with two attached hydrogens (primary N) is 1. The maximum atomic E-state index is 11.1. The van der Waals surface area contributed by atoms with Crippen molar-refractivity contribution in [2.45, 2.75) is 26.8 Å². The van der Waals surface area contributed by atoms with E-state index in [1.54, 1.807) is 12.1 Å². The molecule has 1 amide bonds. The van der Waals surface area contributed by atoms with Crippen LogP contribution in [0.4, 0.5) is 0 Å². The van der Waals surface area contributed by atoms with Crippen molar-refractivity contribution >= 4 is 5.91 Å². The lowest BCUT2D eigenvalue weighted by molar-refractivity contribution is -0.119. The van der Waals surface area contributed by atoms with Crippen molar-refractivity contribution in [3.05, 3.63) is 23.8 Å². The third kappa shape index (κ3) is 4.79. The molecule has 0 spiro atoms. The normalized spacial score (nSPS) is 12.9. The molecule has 0 aromatic heterocycles. The van der Waals surface area contributed by atoms with Crippen molar-refractivity contribution in [2.75, 3.05) is 13.1 Å². The molecular formula is C14H22N2O3. The fourth-order valence-electron chi connectivity index (χ4n) is 2.10. The monoisotopic (exact) mass is 266 g/mol. The van der Waals surface area contributed by atoms with Crippen molar-refractivity contribution in [3.63, 3.8) is 0 Å². The van der Waals surface area contributed by atoms with Gasteiger partial charge < -0.3 is 15.9 Å². The number of benzene rings is 1. The van der Waals surface area contributed by atoms with Gasteiger partial charge in [0.25, 0.3) is 0 Å². The van der Waals surface area contributed by atoms with E-state index in [2.05, 4.69) is 13.8 Å². The quantitative estimate of drug-likeness (QED) is 0.730. The summed E-state index contributed by atoms with van der Waals surface area (Å²) in [6.07, 6.45) is 0. The van der Waals surface area contributed by atoms with Crippen molar-refractivity contribution in [1.82, 2.24) is 4.90 Å². The summed E-state index contributed by atoms with van der Waals surface area (Å²) in [4.78, 5) is 13.1. The third-order valence-corrected chi connectivity index (χ3v) is 2.91. The van der Waals surface area contributed by atoms with Gasteiger partial charge in [-0.2, -0.15) is 0 Å². The Morgan fingerprint density at radius 3 is 2.16 bits per heavy atom. The summed E-state index contributed by atoms with van der Waals surface area (Å²) in [5.41, 5.74) is 6.01. The number of hydrogen-bond acceptors (Lipinski definition) is 4. The Balaban J connectivity index is 2.96. The molecule has 4 N–H and O–H groups in total. The Morgan fingerprint density at radius 1 is 1.21 bits per heavy atom. The second-order valence-electron chi connectivity index (χ2n) is 5.25. The first kappa shape index (κ1) is 15.3. The number of aromatic hydroxyl groups is 2. The van der Waals surface area contributed by atoms with Gasteiger partial charge in [0.15, 0.2) is 0 Å². The number of phenols is 2. The van der Waals surface area contributed by atoms with E-state index in [0.29, 0.717) is 12.5 Å². The average Bonchev–Trinajstić information content (AvgIpc) is 2.24. The largest absolute Gasteiger partial charge is 0.508 e. The van der Waals surface area contributed by atoms with E-state index in [-0.39, 0.29) is 24.1 Å². The zero-order valence-electron chi connectivity index (χ0n) is 11.6. The van der Waals surface area contributed by atoms with E-state index in [0.717, 1.165) is 5.56 Å². The van der Waals surface area contributed by atoms with E-state index in [1.165, 1.54) is 6.07 Å². The van der Waals surface area contributed by atoms with Crippen LogP contribution >= 0.6 is 0 Å². The average molecular weight is 266 g/mol. The highest BCUT2D eigenvalue weighted by Crippen LogP contribution is 2.28. The Bertz CT molecular complexity index is 426. The fourth-order valence-corrected chi connectivity index (χ4v) is 2.10. The van der Waals surface area contributed by atoms with Crippen LogP contribution in [0.3, 0.4) is 0 Å². The Hall–Kier alpha value is -1.75. The highest BCUT2D eigenvalue weighted by molar-refractivity contribution is 5.76. The summed E-state index contributed by atoms with van der Waals surface area (Å²) >= 11 is 0. The molecule has 19 heavy (non-hydrogen) atoms. The van der Waals surface area contributed by atoms with Crippen molar-refractivity contribution in [2.24, 2.45) is 11.7 Å². The van der Waals surface area contributed by atoms with Crippen LogP contribution < -0.4 is 5.73 Å². The number of amides is 1. The molecular weight excluding hydrogens is 244 g/mol. The number of carbonyl (C=O) groups excluding carboxylic acids is 1. The fraction of sp³-hybridized carbons (Fsp3) is 0.500. The molecule has 1 aromatic carbocycles. The van der Waals surface area contributed by atoms with Gasteiger partial charge in [0.1, 0.15) is 11.5 Å². The highest BCUT2D eigenvalue weighted by Gasteiger charge is 2.19. The number of hydrogen-bond donors (Lipinski definition) is 3. The van der Waals surface area contributed by atoms with Gasteiger partial charge >= 0.3 is 0 Å². The lowest BCUT2D eigenvalue weighted by Gasteiger charge is -2.29. The predicted octanol–water partition coefficient (Wildman–Crippen LogP) is 1.60. The van der Waals surface area contributed by atoms with Gasteiger partial charge in [-0.05, 0) is 30.5 Å². The maximum Gasteiger partial charge on any atom is 0.231 e. The number of carbonyl (C=O) groups is 1. The van der Waals surface area contributed by atoms with Gasteiger partial charge in [-0.25, -0.2) is 0 Å². The standard InChI is InChI=1S/C14H22N2O3/c1-9(2)7-16(8-14(15)19)10(3)11-4-12(17)6-13(18)5-11/h4-6,9-10,17-18H,7-8H2,1-3H3,(H2,15,19). The van der Waals surface area contributed by atoms with Gasteiger partial charge in [0, 0.05) is 18.7 Å². The maximum absolute atomic E-state index is 11.1. The van der Waals surface area contributed by atoms with Gasteiger partial charge in [0.2, 0.25) is 5.91 Å². The topological polar surface area (TPSA) is 86.8 Å². The second kappa shape index (κ2) is 6.43. The highest BCUT2D eigenvalue weighted by atomic mass is 16.3. The Labute approximate surface area is 113 Å². The minimum atomic E-state index is -0.392. The number of nitrogens with zero attached hydrogens (tertiary/aromatic N) is 1. The third-order valence-electron chi connectivity index (χ3n) is 2.91. The zero-order chi connectivity index (χ0) is 14.6. The van der Waals surface area contributed by atoms with Gasteiger partial charge in [-0.1, -0.05) is 13.8 Å². The van der Waals surface area contributed by atoms with Crippen LogP contribution in [0, 0.1) is 5.92 Å². The van der Waals surface area contributed by atoms with Crippen LogP contribution in [0.5, 0.6) is 11.5 Å². The zero-order valence-corrected chi connectivity index (χ0v) is 11.6. The van der Waals surface area contributed by atoms with Crippen LogP contribution in [0.1, 0.15) is 32.4 Å². The van der Waals surface area contributed by atoms with Crippen LogP contribution in [0.25, 0.3) is 0 Å². The van der Waals surface area contributed by atoms with Crippen molar-refractivity contribution < 1.29 is 15.0 Å². The Morgan fingerprint density at radius 2 is 1.74 bits per heavy atom. The van der Waals surface area contributed by atoms with Crippen LogP contribution in [-0.4, -0.2) is 34.1 Å². The molecule has 0 saturated carbocycles. The molecule has 106 valence electrons. The molecule has 0 bridgehead atoms. The molecule has 0 radical (unpaired) electrons. The molecule has 1 rings (SSSR count). The van der Waals surface area contributed by atoms with Crippen molar-refractivity contribution in [3.8, 4) is 11.5 Å². The minimum absolute atomic E-state index is 0.00502. The van der Waals surface area contributed by atoms with Gasteiger partial charge in [-0.3, -0.25) is 9.69 Å². The molecule has 1 unspecified atom stereocenters. The second-order valence-corrected chi connectivity index (χ2v) is 5.25. The SMILES string of the molecule is CC(C)CN(CC(N)=O)C(C)c1cc(O)cc(O)c1. The molecule has 1 aromatic rings. The van der Waals surface area contributed by atoms with E-state index in [4.69, 9.17) is 5.73 Å². The van der Waals surface area contributed by atoms with Gasteiger partial charge in [0.05, 0.1) is 6.54 Å². The number of rotatable bonds is 6. The van der Waals surface area contributed by atoms with E-state index in [1.807, 2.05) is 11.8 Å². The smallest absolute Gasteiger partial charge is 0.231 e. The number of primary amides is 1. The van der Waals surface area contributed by atoms with E-state index in [9.17, 15) is 15.0 Å². The molecule has 0 heterocycles. The molecule has 0 aliphatic carbocycles. The molecule has 5 heteroatoms. The molecule has 1 atom stereocenters. The first-order valence-electron chi connectivity index (χ1n) is 6.35. The lowest BCUT2D eigenvalue weighted by atomic mass is 10.0. The Kier molecular flexibility index (Phi) is 5.18. The molecule has 0 fully saturated rings. The first-order valence-corrected chi connectivity index (χ1v) is 6.35. The van der Waals surface area contributed by atoms with Crippen LogP contribution in [-0.2, 0) is 4.79 Å². The summed E-state index contributed by atoms with van der Waals surface area (Å²) in [7, 11) is 0.